The number of hydrogen-bond acceptors (Lipinski definition) is 3. The molecule has 1 atom stereocenters. The average Bonchev–Trinajstić information content (AvgIpc) is 2.49. The molecule has 1 aromatic rings. The Hall–Kier alpha value is -1.26. The summed E-state index contributed by atoms with van der Waals surface area (Å²) < 4.78 is 4.75. The van der Waals surface area contributed by atoms with Gasteiger partial charge < -0.3 is 15.0 Å². The number of methoxy groups -OCH3 is 1. The van der Waals surface area contributed by atoms with E-state index in [1.54, 1.807) is 4.90 Å². The van der Waals surface area contributed by atoms with Gasteiger partial charge in [-0.25, -0.2) is 4.79 Å². The molecule has 1 aliphatic heterocycles. The molecule has 0 bridgehead atoms. The first-order valence-corrected chi connectivity index (χ1v) is 7.79. The van der Waals surface area contributed by atoms with Crippen molar-refractivity contribution in [3.63, 3.8) is 0 Å². The van der Waals surface area contributed by atoms with E-state index in [9.17, 15) is 4.79 Å². The zero-order valence-electron chi connectivity index (χ0n) is 12.6. The Morgan fingerprint density at radius 3 is 2.57 bits per heavy atom. The highest BCUT2D eigenvalue weighted by molar-refractivity contribution is 6.30. The molecule has 1 aromatic carbocycles. The fourth-order valence-electron chi connectivity index (χ4n) is 2.79. The zero-order chi connectivity index (χ0) is 15.2. The van der Waals surface area contributed by atoms with Crippen LogP contribution in [0.15, 0.2) is 24.3 Å². The van der Waals surface area contributed by atoms with E-state index in [4.69, 9.17) is 16.3 Å². The molecular formula is C16H23ClN2O2. The minimum atomic E-state index is -0.220. The van der Waals surface area contributed by atoms with Crippen LogP contribution in [0, 0.1) is 0 Å². The zero-order valence-corrected chi connectivity index (χ0v) is 13.4. The van der Waals surface area contributed by atoms with Crippen LogP contribution in [0.1, 0.15) is 25.3 Å². The average molecular weight is 311 g/mol. The minimum absolute atomic E-state index is 0.220. The number of benzene rings is 1. The van der Waals surface area contributed by atoms with Crippen molar-refractivity contribution in [2.75, 3.05) is 20.2 Å². The largest absolute Gasteiger partial charge is 0.453 e. The van der Waals surface area contributed by atoms with E-state index in [2.05, 4.69) is 24.4 Å². The number of halogens is 1. The molecular weight excluding hydrogens is 288 g/mol. The summed E-state index contributed by atoms with van der Waals surface area (Å²) >= 11 is 5.90. The van der Waals surface area contributed by atoms with Gasteiger partial charge in [0, 0.05) is 30.2 Å². The highest BCUT2D eigenvalue weighted by atomic mass is 35.5. The van der Waals surface area contributed by atoms with Crippen LogP contribution in [-0.4, -0.2) is 43.3 Å². The second-order valence-corrected chi connectivity index (χ2v) is 6.07. The Labute approximate surface area is 131 Å². The molecule has 5 heteroatoms. The van der Waals surface area contributed by atoms with Crippen molar-refractivity contribution in [1.82, 2.24) is 10.2 Å². The molecule has 2 rings (SSSR count). The van der Waals surface area contributed by atoms with Gasteiger partial charge >= 0.3 is 6.09 Å². The smallest absolute Gasteiger partial charge is 0.409 e. The summed E-state index contributed by atoms with van der Waals surface area (Å²) in [6, 6.07) is 8.87. The van der Waals surface area contributed by atoms with Crippen LogP contribution in [0.25, 0.3) is 0 Å². The quantitative estimate of drug-likeness (QED) is 0.929. The first-order valence-electron chi connectivity index (χ1n) is 7.42. The lowest BCUT2D eigenvalue weighted by molar-refractivity contribution is 0.109. The van der Waals surface area contributed by atoms with Gasteiger partial charge in [0.15, 0.2) is 0 Å². The maximum absolute atomic E-state index is 11.4. The Morgan fingerprint density at radius 2 is 2.00 bits per heavy atom. The van der Waals surface area contributed by atoms with Gasteiger partial charge in [-0.05, 0) is 43.9 Å². The molecule has 0 aromatic heterocycles. The first kappa shape index (κ1) is 16.1. The van der Waals surface area contributed by atoms with Gasteiger partial charge in [-0.15, -0.1) is 0 Å². The van der Waals surface area contributed by atoms with Gasteiger partial charge in [-0.1, -0.05) is 23.7 Å². The van der Waals surface area contributed by atoms with Crippen LogP contribution in [0.4, 0.5) is 4.79 Å². The molecule has 4 nitrogen and oxygen atoms in total. The van der Waals surface area contributed by atoms with Gasteiger partial charge in [0.2, 0.25) is 0 Å². The lowest BCUT2D eigenvalue weighted by atomic mass is 10.0. The molecule has 1 N–H and O–H groups in total. The van der Waals surface area contributed by atoms with Crippen LogP contribution in [-0.2, 0) is 11.2 Å². The van der Waals surface area contributed by atoms with Crippen LogP contribution in [0.5, 0.6) is 0 Å². The number of hydrogen-bond donors (Lipinski definition) is 1. The standard InChI is InChI=1S/C16H23ClN2O2/c1-12(11-13-3-5-14(17)6-4-13)18-15-7-9-19(10-8-15)16(20)21-2/h3-6,12,15,18H,7-11H2,1-2H3. The lowest BCUT2D eigenvalue weighted by Crippen LogP contribution is -2.47. The predicted molar refractivity (Wildman–Crippen MR) is 84.8 cm³/mol. The van der Waals surface area contributed by atoms with Crippen molar-refractivity contribution in [1.29, 1.82) is 0 Å². The van der Waals surface area contributed by atoms with E-state index in [0.29, 0.717) is 12.1 Å². The van der Waals surface area contributed by atoms with Crippen LogP contribution in [0.2, 0.25) is 5.02 Å². The topological polar surface area (TPSA) is 41.6 Å². The highest BCUT2D eigenvalue weighted by Gasteiger charge is 2.23. The number of nitrogens with one attached hydrogen (secondary N) is 1. The van der Waals surface area contributed by atoms with Crippen LogP contribution >= 0.6 is 11.6 Å². The summed E-state index contributed by atoms with van der Waals surface area (Å²) in [6.07, 6.45) is 2.71. The number of likely N-dealkylation sites (tertiary alicyclic amines) is 1. The van der Waals surface area contributed by atoms with Crippen molar-refractivity contribution in [3.8, 4) is 0 Å². The van der Waals surface area contributed by atoms with E-state index in [0.717, 1.165) is 37.4 Å². The number of carbonyl (C=O) groups excluding carboxylic acids is 1. The van der Waals surface area contributed by atoms with Gasteiger partial charge in [0.25, 0.3) is 0 Å². The van der Waals surface area contributed by atoms with Gasteiger partial charge in [-0.3, -0.25) is 0 Å². The van der Waals surface area contributed by atoms with Crippen LogP contribution in [0.3, 0.4) is 0 Å². The molecule has 1 fully saturated rings. The molecule has 0 saturated carbocycles. The summed E-state index contributed by atoms with van der Waals surface area (Å²) in [5.41, 5.74) is 1.28. The van der Waals surface area contributed by atoms with E-state index in [-0.39, 0.29) is 6.09 Å². The molecule has 0 aliphatic carbocycles. The molecule has 1 unspecified atom stereocenters. The van der Waals surface area contributed by atoms with Gasteiger partial charge in [-0.2, -0.15) is 0 Å². The lowest BCUT2D eigenvalue weighted by Gasteiger charge is -2.33. The van der Waals surface area contributed by atoms with Crippen molar-refractivity contribution in [2.45, 2.75) is 38.3 Å². The third-order valence-corrected chi connectivity index (χ3v) is 4.16. The normalized spacial score (nSPS) is 17.6. The summed E-state index contributed by atoms with van der Waals surface area (Å²) in [7, 11) is 1.43. The molecule has 21 heavy (non-hydrogen) atoms. The van der Waals surface area contributed by atoms with Crippen molar-refractivity contribution in [2.24, 2.45) is 0 Å². The molecule has 0 spiro atoms. The Balaban J connectivity index is 1.75. The maximum atomic E-state index is 11.4. The van der Waals surface area contributed by atoms with E-state index >= 15 is 0 Å². The summed E-state index contributed by atoms with van der Waals surface area (Å²) in [6.45, 7) is 3.72. The molecule has 1 amide bonds. The van der Waals surface area contributed by atoms with E-state index < -0.39 is 0 Å². The maximum Gasteiger partial charge on any atom is 0.409 e. The number of carbonyl (C=O) groups is 1. The molecule has 116 valence electrons. The molecule has 1 heterocycles. The van der Waals surface area contributed by atoms with Crippen molar-refractivity contribution < 1.29 is 9.53 Å². The highest BCUT2D eigenvalue weighted by Crippen LogP contribution is 2.14. The van der Waals surface area contributed by atoms with Crippen LogP contribution < -0.4 is 5.32 Å². The molecule has 1 saturated heterocycles. The van der Waals surface area contributed by atoms with Gasteiger partial charge in [0.05, 0.1) is 7.11 Å². The Bertz CT molecular complexity index is 456. The number of ether oxygens (including phenoxy) is 1. The third kappa shape index (κ3) is 4.90. The summed E-state index contributed by atoms with van der Waals surface area (Å²) in [4.78, 5) is 13.2. The van der Waals surface area contributed by atoms with Gasteiger partial charge in [0.1, 0.15) is 0 Å². The SMILES string of the molecule is COC(=O)N1CCC(NC(C)Cc2ccc(Cl)cc2)CC1. The Kier molecular flexibility index (Phi) is 5.88. The number of piperidine rings is 1. The number of nitrogens with zero attached hydrogens (tertiary/aromatic N) is 1. The fraction of sp³-hybridized carbons (Fsp3) is 0.562. The second-order valence-electron chi connectivity index (χ2n) is 5.63. The first-order chi connectivity index (χ1) is 10.1. The molecule has 0 radical (unpaired) electrons. The number of amides is 1. The summed E-state index contributed by atoms with van der Waals surface area (Å²) in [5, 5.41) is 4.42. The fourth-order valence-corrected chi connectivity index (χ4v) is 2.92. The third-order valence-electron chi connectivity index (χ3n) is 3.90. The Morgan fingerprint density at radius 1 is 1.38 bits per heavy atom. The minimum Gasteiger partial charge on any atom is -0.453 e. The predicted octanol–water partition coefficient (Wildman–Crippen LogP) is 3.09. The van der Waals surface area contributed by atoms with Crippen molar-refractivity contribution in [3.05, 3.63) is 34.9 Å². The number of rotatable bonds is 4. The second kappa shape index (κ2) is 7.66. The van der Waals surface area contributed by atoms with E-state index in [1.807, 2.05) is 12.1 Å². The summed E-state index contributed by atoms with van der Waals surface area (Å²) in [5.74, 6) is 0. The monoisotopic (exact) mass is 310 g/mol. The van der Waals surface area contributed by atoms with Crippen molar-refractivity contribution >= 4 is 17.7 Å². The van der Waals surface area contributed by atoms with E-state index in [1.165, 1.54) is 12.7 Å². The molecule has 1 aliphatic rings.